The molecule has 2 rings (SSSR count). The van der Waals surface area contributed by atoms with Gasteiger partial charge in [-0.1, -0.05) is 19.1 Å². The lowest BCUT2D eigenvalue weighted by Crippen LogP contribution is -2.42. The van der Waals surface area contributed by atoms with Crippen molar-refractivity contribution in [2.75, 3.05) is 18.0 Å². The summed E-state index contributed by atoms with van der Waals surface area (Å²) in [4.78, 5) is 25.8. The Hall–Kier alpha value is -1.88. The highest BCUT2D eigenvalue weighted by Gasteiger charge is 2.34. The van der Waals surface area contributed by atoms with Crippen LogP contribution in [0.2, 0.25) is 0 Å². The topological polar surface area (TPSA) is 75.4 Å². The molecule has 1 aromatic carbocycles. The Kier molecular flexibility index (Phi) is 5.55. The van der Waals surface area contributed by atoms with Gasteiger partial charge >= 0.3 is 0 Å². The first kappa shape index (κ1) is 16.5. The van der Waals surface area contributed by atoms with Crippen LogP contribution in [-0.4, -0.2) is 30.9 Å². The van der Waals surface area contributed by atoms with E-state index >= 15 is 0 Å². The molecule has 1 aromatic rings. The number of anilines is 1. The van der Waals surface area contributed by atoms with Crippen LogP contribution < -0.4 is 16.0 Å². The van der Waals surface area contributed by atoms with Crippen molar-refractivity contribution in [1.82, 2.24) is 5.32 Å². The Bertz CT molecular complexity index is 544. The van der Waals surface area contributed by atoms with Crippen molar-refractivity contribution in [3.63, 3.8) is 0 Å². The molecule has 22 heavy (non-hydrogen) atoms. The summed E-state index contributed by atoms with van der Waals surface area (Å²) in [5.74, 6) is -0.330. The number of rotatable bonds is 6. The SMILES string of the molecule is CCC1NCCC1C(=O)N(CCC(N)=O)c1cccc(C)c1. The van der Waals surface area contributed by atoms with Gasteiger partial charge in [-0.2, -0.15) is 0 Å². The molecule has 1 heterocycles. The lowest BCUT2D eigenvalue weighted by Gasteiger charge is -2.28. The summed E-state index contributed by atoms with van der Waals surface area (Å²) in [6.45, 7) is 5.28. The predicted molar refractivity (Wildman–Crippen MR) is 87.5 cm³/mol. The van der Waals surface area contributed by atoms with Gasteiger partial charge in [0.15, 0.2) is 0 Å². The van der Waals surface area contributed by atoms with Crippen LogP contribution in [0, 0.1) is 12.8 Å². The summed E-state index contributed by atoms with van der Waals surface area (Å²) < 4.78 is 0. The number of nitrogens with two attached hydrogens (primary N) is 1. The third-order valence-electron chi connectivity index (χ3n) is 4.27. The lowest BCUT2D eigenvalue weighted by atomic mass is 9.96. The van der Waals surface area contributed by atoms with Crippen LogP contribution in [0.3, 0.4) is 0 Å². The summed E-state index contributed by atoms with van der Waals surface area (Å²) in [5.41, 5.74) is 7.20. The van der Waals surface area contributed by atoms with E-state index in [-0.39, 0.29) is 30.2 Å². The first-order valence-electron chi connectivity index (χ1n) is 7.92. The highest BCUT2D eigenvalue weighted by molar-refractivity contribution is 5.96. The van der Waals surface area contributed by atoms with E-state index in [1.54, 1.807) is 4.90 Å². The molecule has 2 atom stereocenters. The largest absolute Gasteiger partial charge is 0.370 e. The van der Waals surface area contributed by atoms with Crippen molar-refractivity contribution in [1.29, 1.82) is 0 Å². The first-order valence-corrected chi connectivity index (χ1v) is 7.92. The fraction of sp³-hybridized carbons (Fsp3) is 0.529. The van der Waals surface area contributed by atoms with Gasteiger partial charge in [-0.25, -0.2) is 0 Å². The summed E-state index contributed by atoms with van der Waals surface area (Å²) in [6, 6.07) is 8.02. The average Bonchev–Trinajstić information content (AvgIpc) is 2.95. The maximum Gasteiger partial charge on any atom is 0.231 e. The van der Waals surface area contributed by atoms with E-state index < -0.39 is 0 Å². The van der Waals surface area contributed by atoms with Gasteiger partial charge in [0.2, 0.25) is 11.8 Å². The van der Waals surface area contributed by atoms with Gasteiger partial charge in [0.1, 0.15) is 0 Å². The predicted octanol–water partition coefficient (Wildman–Crippen LogP) is 1.59. The quantitative estimate of drug-likeness (QED) is 0.838. The smallest absolute Gasteiger partial charge is 0.231 e. The minimum atomic E-state index is -0.387. The molecule has 0 aliphatic carbocycles. The number of nitrogens with zero attached hydrogens (tertiary/aromatic N) is 1. The van der Waals surface area contributed by atoms with E-state index in [0.717, 1.165) is 30.6 Å². The van der Waals surface area contributed by atoms with Gasteiger partial charge in [0.05, 0.1) is 5.92 Å². The van der Waals surface area contributed by atoms with Crippen LogP contribution in [0.15, 0.2) is 24.3 Å². The zero-order chi connectivity index (χ0) is 16.1. The molecule has 0 spiro atoms. The normalized spacial score (nSPS) is 20.8. The summed E-state index contributed by atoms with van der Waals surface area (Å²) in [6.07, 6.45) is 1.95. The Morgan fingerprint density at radius 1 is 1.41 bits per heavy atom. The van der Waals surface area contributed by atoms with E-state index in [2.05, 4.69) is 12.2 Å². The zero-order valence-electron chi connectivity index (χ0n) is 13.3. The number of hydrogen-bond acceptors (Lipinski definition) is 3. The Labute approximate surface area is 131 Å². The summed E-state index contributed by atoms with van der Waals surface area (Å²) in [7, 11) is 0. The van der Waals surface area contributed by atoms with Crippen LogP contribution in [0.1, 0.15) is 31.7 Å². The maximum absolute atomic E-state index is 13.0. The van der Waals surface area contributed by atoms with E-state index in [9.17, 15) is 9.59 Å². The number of benzene rings is 1. The molecule has 0 bridgehead atoms. The van der Waals surface area contributed by atoms with E-state index in [4.69, 9.17) is 5.73 Å². The molecule has 1 saturated heterocycles. The molecule has 5 heteroatoms. The minimum absolute atomic E-state index is 0.0293. The van der Waals surface area contributed by atoms with Crippen LogP contribution in [-0.2, 0) is 9.59 Å². The average molecular weight is 303 g/mol. The van der Waals surface area contributed by atoms with Crippen molar-refractivity contribution >= 4 is 17.5 Å². The second-order valence-electron chi connectivity index (χ2n) is 5.91. The molecule has 5 nitrogen and oxygen atoms in total. The second kappa shape index (κ2) is 7.40. The Morgan fingerprint density at radius 3 is 2.82 bits per heavy atom. The highest BCUT2D eigenvalue weighted by atomic mass is 16.2. The fourth-order valence-corrected chi connectivity index (χ4v) is 3.08. The van der Waals surface area contributed by atoms with Gasteiger partial charge in [-0.3, -0.25) is 9.59 Å². The van der Waals surface area contributed by atoms with Crippen LogP contribution in [0.4, 0.5) is 5.69 Å². The second-order valence-corrected chi connectivity index (χ2v) is 5.91. The number of nitrogens with one attached hydrogen (secondary N) is 1. The zero-order valence-corrected chi connectivity index (χ0v) is 13.3. The molecule has 1 aliphatic rings. The Balaban J connectivity index is 2.23. The van der Waals surface area contributed by atoms with Crippen LogP contribution >= 0.6 is 0 Å². The summed E-state index contributed by atoms with van der Waals surface area (Å²) >= 11 is 0. The molecule has 3 N–H and O–H groups in total. The van der Waals surface area contributed by atoms with E-state index in [1.165, 1.54) is 0 Å². The van der Waals surface area contributed by atoms with Gasteiger partial charge < -0.3 is 16.0 Å². The molecule has 2 unspecified atom stereocenters. The molecule has 1 fully saturated rings. The molecular weight excluding hydrogens is 278 g/mol. The van der Waals surface area contributed by atoms with Crippen molar-refractivity contribution in [3.8, 4) is 0 Å². The highest BCUT2D eigenvalue weighted by Crippen LogP contribution is 2.25. The van der Waals surface area contributed by atoms with Crippen LogP contribution in [0.25, 0.3) is 0 Å². The maximum atomic E-state index is 13.0. The van der Waals surface area contributed by atoms with Gasteiger partial charge in [-0.15, -0.1) is 0 Å². The molecule has 0 aromatic heterocycles. The van der Waals surface area contributed by atoms with Gasteiger partial charge in [-0.05, 0) is 44.0 Å². The standard InChI is InChI=1S/C17H25N3O2/c1-3-15-14(7-9-19-15)17(22)20(10-8-16(18)21)13-6-4-5-12(2)11-13/h4-6,11,14-15,19H,3,7-10H2,1-2H3,(H2,18,21). The third-order valence-corrected chi connectivity index (χ3v) is 4.27. The minimum Gasteiger partial charge on any atom is -0.370 e. The first-order chi connectivity index (χ1) is 10.5. The number of carbonyl (C=O) groups is 2. The van der Waals surface area contributed by atoms with E-state index in [1.807, 2.05) is 31.2 Å². The number of carbonyl (C=O) groups excluding carboxylic acids is 2. The Morgan fingerprint density at radius 2 is 2.18 bits per heavy atom. The molecule has 0 saturated carbocycles. The fourth-order valence-electron chi connectivity index (χ4n) is 3.08. The van der Waals surface area contributed by atoms with Crippen molar-refractivity contribution in [2.24, 2.45) is 11.7 Å². The number of amides is 2. The molecular formula is C17H25N3O2. The van der Waals surface area contributed by atoms with Crippen molar-refractivity contribution in [3.05, 3.63) is 29.8 Å². The molecule has 2 amide bonds. The lowest BCUT2D eigenvalue weighted by molar-refractivity contribution is -0.122. The number of hydrogen-bond donors (Lipinski definition) is 2. The molecule has 120 valence electrons. The van der Waals surface area contributed by atoms with Crippen LogP contribution in [0.5, 0.6) is 0 Å². The van der Waals surface area contributed by atoms with Gasteiger partial charge in [0.25, 0.3) is 0 Å². The van der Waals surface area contributed by atoms with Crippen molar-refractivity contribution in [2.45, 2.75) is 39.2 Å². The number of aryl methyl sites for hydroxylation is 1. The number of primary amides is 1. The third kappa shape index (κ3) is 3.85. The van der Waals surface area contributed by atoms with E-state index in [0.29, 0.717) is 6.54 Å². The van der Waals surface area contributed by atoms with Crippen molar-refractivity contribution < 1.29 is 9.59 Å². The monoisotopic (exact) mass is 303 g/mol. The molecule has 1 aliphatic heterocycles. The molecule has 0 radical (unpaired) electrons. The summed E-state index contributed by atoms with van der Waals surface area (Å²) in [5, 5.41) is 3.38. The van der Waals surface area contributed by atoms with Gasteiger partial charge in [0, 0.05) is 24.7 Å².